The summed E-state index contributed by atoms with van der Waals surface area (Å²) in [4.78, 5) is 2.08. The zero-order valence-electron chi connectivity index (χ0n) is 10.0. The van der Waals surface area contributed by atoms with Crippen molar-refractivity contribution in [2.75, 3.05) is 38.3 Å². The first kappa shape index (κ1) is 14.4. The molecule has 0 amide bonds. The Morgan fingerprint density at radius 3 is 2.71 bits per heavy atom. The molecule has 0 bridgehead atoms. The van der Waals surface area contributed by atoms with Crippen LogP contribution in [0.1, 0.15) is 5.56 Å². The second kappa shape index (κ2) is 7.66. The van der Waals surface area contributed by atoms with E-state index < -0.39 is 0 Å². The number of benzene rings is 1. The van der Waals surface area contributed by atoms with Gasteiger partial charge in [0.05, 0.1) is 13.2 Å². The molecule has 0 aliphatic rings. The van der Waals surface area contributed by atoms with Gasteiger partial charge in [0.1, 0.15) is 0 Å². The lowest BCUT2D eigenvalue weighted by atomic mass is 10.2. The molecule has 1 aromatic carbocycles. The minimum atomic E-state index is 0.119. The summed E-state index contributed by atoms with van der Waals surface area (Å²) in [6.45, 7) is 2.59. The van der Waals surface area contributed by atoms with Gasteiger partial charge in [0, 0.05) is 36.9 Å². The summed E-state index contributed by atoms with van der Waals surface area (Å²) >= 11 is 3.47. The minimum Gasteiger partial charge on any atom is -0.395 e. The highest BCUT2D eigenvalue weighted by molar-refractivity contribution is 9.10. The Balaban J connectivity index is 2.87. The summed E-state index contributed by atoms with van der Waals surface area (Å²) in [5.41, 5.74) is 7.76. The van der Waals surface area contributed by atoms with Crippen LogP contribution in [0.4, 0.5) is 5.69 Å². The third-order valence-electron chi connectivity index (χ3n) is 2.48. The largest absolute Gasteiger partial charge is 0.395 e. The number of rotatable bonds is 7. The van der Waals surface area contributed by atoms with Crippen LogP contribution in [-0.4, -0.2) is 38.5 Å². The maximum absolute atomic E-state index is 9.07. The second-order valence-corrected chi connectivity index (χ2v) is 4.64. The van der Waals surface area contributed by atoms with Crippen molar-refractivity contribution < 1.29 is 9.84 Å². The van der Waals surface area contributed by atoms with E-state index in [2.05, 4.69) is 20.8 Å². The predicted octanol–water partition coefficient (Wildman–Crippen LogP) is 1.35. The number of hydrogen-bond donors (Lipinski definition) is 2. The molecule has 0 unspecified atom stereocenters. The summed E-state index contributed by atoms with van der Waals surface area (Å²) in [7, 11) is 1.67. The van der Waals surface area contributed by atoms with Crippen LogP contribution in [0.3, 0.4) is 0 Å². The highest BCUT2D eigenvalue weighted by atomic mass is 79.9. The Hall–Kier alpha value is -0.620. The maximum Gasteiger partial charge on any atom is 0.0637 e. The summed E-state index contributed by atoms with van der Waals surface area (Å²) in [6.07, 6.45) is 0. The molecule has 4 nitrogen and oxygen atoms in total. The number of hydrogen-bond acceptors (Lipinski definition) is 4. The van der Waals surface area contributed by atoms with E-state index in [1.807, 2.05) is 18.2 Å². The number of aliphatic hydroxyl groups excluding tert-OH is 1. The van der Waals surface area contributed by atoms with Crippen molar-refractivity contribution in [3.8, 4) is 0 Å². The average Bonchev–Trinajstić information content (AvgIpc) is 2.33. The molecule has 0 saturated heterocycles. The fraction of sp³-hybridized carbons (Fsp3) is 0.500. The Labute approximate surface area is 110 Å². The number of nitrogens with two attached hydrogens (primary N) is 1. The molecule has 0 fully saturated rings. The predicted molar refractivity (Wildman–Crippen MR) is 73.2 cm³/mol. The van der Waals surface area contributed by atoms with Crippen molar-refractivity contribution in [2.24, 2.45) is 5.73 Å². The molecule has 0 radical (unpaired) electrons. The maximum atomic E-state index is 9.07. The van der Waals surface area contributed by atoms with Gasteiger partial charge < -0.3 is 20.5 Å². The topological polar surface area (TPSA) is 58.7 Å². The lowest BCUT2D eigenvalue weighted by molar-refractivity contribution is 0.203. The van der Waals surface area contributed by atoms with Crippen LogP contribution in [0.15, 0.2) is 22.7 Å². The summed E-state index contributed by atoms with van der Waals surface area (Å²) in [6, 6.07) is 6.05. The molecule has 0 aliphatic heterocycles. The van der Waals surface area contributed by atoms with Crippen molar-refractivity contribution in [3.63, 3.8) is 0 Å². The quantitative estimate of drug-likeness (QED) is 0.798. The van der Waals surface area contributed by atoms with Crippen LogP contribution < -0.4 is 10.6 Å². The fourth-order valence-corrected chi connectivity index (χ4v) is 2.15. The van der Waals surface area contributed by atoms with Crippen LogP contribution >= 0.6 is 15.9 Å². The van der Waals surface area contributed by atoms with Gasteiger partial charge in [-0.2, -0.15) is 0 Å². The van der Waals surface area contributed by atoms with Crippen molar-refractivity contribution in [3.05, 3.63) is 28.2 Å². The van der Waals surface area contributed by atoms with E-state index in [-0.39, 0.29) is 6.61 Å². The smallest absolute Gasteiger partial charge is 0.0637 e. The van der Waals surface area contributed by atoms with Gasteiger partial charge in [-0.05, 0) is 23.8 Å². The van der Waals surface area contributed by atoms with Crippen molar-refractivity contribution in [1.82, 2.24) is 0 Å². The van der Waals surface area contributed by atoms with Gasteiger partial charge in [0.25, 0.3) is 0 Å². The molecule has 1 rings (SSSR count). The van der Waals surface area contributed by atoms with Gasteiger partial charge in [-0.1, -0.05) is 15.9 Å². The normalized spacial score (nSPS) is 10.6. The summed E-state index contributed by atoms with van der Waals surface area (Å²) < 4.78 is 6.06. The van der Waals surface area contributed by atoms with Crippen molar-refractivity contribution in [1.29, 1.82) is 0 Å². The second-order valence-electron chi connectivity index (χ2n) is 3.73. The first-order valence-corrected chi connectivity index (χ1v) is 6.35. The minimum absolute atomic E-state index is 0.119. The highest BCUT2D eigenvalue weighted by Crippen LogP contribution is 2.22. The van der Waals surface area contributed by atoms with E-state index in [0.717, 1.165) is 22.3 Å². The zero-order chi connectivity index (χ0) is 12.7. The molecule has 0 heterocycles. The van der Waals surface area contributed by atoms with E-state index in [4.69, 9.17) is 15.6 Å². The monoisotopic (exact) mass is 302 g/mol. The van der Waals surface area contributed by atoms with Crippen LogP contribution in [0.25, 0.3) is 0 Å². The number of aliphatic hydroxyl groups is 1. The molecule has 0 spiro atoms. The number of halogens is 1. The van der Waals surface area contributed by atoms with Crippen LogP contribution in [0.5, 0.6) is 0 Å². The molecular weight excluding hydrogens is 284 g/mol. The highest BCUT2D eigenvalue weighted by Gasteiger charge is 2.07. The average molecular weight is 303 g/mol. The van der Waals surface area contributed by atoms with Gasteiger partial charge in [-0.3, -0.25) is 0 Å². The molecule has 17 heavy (non-hydrogen) atoms. The number of ether oxygens (including phenoxy) is 1. The summed E-state index contributed by atoms with van der Waals surface area (Å²) in [5.74, 6) is 0. The fourth-order valence-electron chi connectivity index (χ4n) is 1.63. The molecule has 1 aromatic rings. The summed E-state index contributed by atoms with van der Waals surface area (Å²) in [5, 5.41) is 9.07. The lowest BCUT2D eigenvalue weighted by Gasteiger charge is -2.24. The molecule has 0 aromatic heterocycles. The Morgan fingerprint density at radius 2 is 2.12 bits per heavy atom. The Bertz CT molecular complexity index is 347. The third-order valence-corrected chi connectivity index (χ3v) is 2.94. The van der Waals surface area contributed by atoms with Crippen molar-refractivity contribution in [2.45, 2.75) is 6.54 Å². The van der Waals surface area contributed by atoms with Gasteiger partial charge in [0.2, 0.25) is 0 Å². The van der Waals surface area contributed by atoms with Gasteiger partial charge in [0.15, 0.2) is 0 Å². The van der Waals surface area contributed by atoms with Crippen LogP contribution in [0, 0.1) is 0 Å². The van der Waals surface area contributed by atoms with E-state index in [0.29, 0.717) is 19.7 Å². The number of anilines is 1. The van der Waals surface area contributed by atoms with E-state index in [1.54, 1.807) is 7.11 Å². The lowest BCUT2D eigenvalue weighted by Crippen LogP contribution is -2.30. The van der Waals surface area contributed by atoms with Gasteiger partial charge in [-0.25, -0.2) is 0 Å². The molecule has 0 aliphatic carbocycles. The molecule has 0 atom stereocenters. The first-order chi connectivity index (χ1) is 8.21. The molecule has 5 heteroatoms. The van der Waals surface area contributed by atoms with Gasteiger partial charge in [-0.15, -0.1) is 0 Å². The van der Waals surface area contributed by atoms with Crippen LogP contribution in [0.2, 0.25) is 0 Å². The van der Waals surface area contributed by atoms with Gasteiger partial charge >= 0.3 is 0 Å². The number of nitrogens with zero attached hydrogens (tertiary/aromatic N) is 1. The van der Waals surface area contributed by atoms with E-state index in [1.165, 1.54) is 0 Å². The van der Waals surface area contributed by atoms with E-state index in [9.17, 15) is 0 Å². The molecule has 0 saturated carbocycles. The van der Waals surface area contributed by atoms with E-state index >= 15 is 0 Å². The molecule has 96 valence electrons. The Kier molecular flexibility index (Phi) is 6.50. The molecular formula is C12H19BrN2O2. The van der Waals surface area contributed by atoms with Crippen LogP contribution in [-0.2, 0) is 11.3 Å². The Morgan fingerprint density at radius 1 is 1.35 bits per heavy atom. The third kappa shape index (κ3) is 4.63. The zero-order valence-corrected chi connectivity index (χ0v) is 11.6. The standard InChI is InChI=1S/C12H19BrN2O2/c1-17-5-3-15(2-4-16)12-7-10(9-14)6-11(13)8-12/h6-8,16H,2-5,9,14H2,1H3. The SMILES string of the molecule is COCCN(CCO)c1cc(Br)cc(CN)c1. The number of methoxy groups -OCH3 is 1. The molecule has 3 N–H and O–H groups in total. The first-order valence-electron chi connectivity index (χ1n) is 5.55. The van der Waals surface area contributed by atoms with Crippen molar-refractivity contribution >= 4 is 21.6 Å².